The van der Waals surface area contributed by atoms with Crippen LogP contribution in [0.3, 0.4) is 0 Å². The third-order valence-corrected chi connectivity index (χ3v) is 3.27. The van der Waals surface area contributed by atoms with E-state index in [1.807, 2.05) is 6.92 Å². The fourth-order valence-corrected chi connectivity index (χ4v) is 1.93. The van der Waals surface area contributed by atoms with Crippen molar-refractivity contribution in [3.8, 4) is 5.75 Å². The summed E-state index contributed by atoms with van der Waals surface area (Å²) in [6, 6.07) is 11.0. The quantitative estimate of drug-likeness (QED) is 0.750. The molecule has 0 aromatic heterocycles. The minimum Gasteiger partial charge on any atom is -0.489 e. The van der Waals surface area contributed by atoms with Crippen molar-refractivity contribution < 1.29 is 13.9 Å². The van der Waals surface area contributed by atoms with E-state index in [-0.39, 0.29) is 18.2 Å². The molecule has 0 spiro atoms. The third-order valence-electron chi connectivity index (χ3n) is 2.90. The molecule has 0 amide bonds. The van der Waals surface area contributed by atoms with E-state index in [1.165, 1.54) is 18.2 Å². The van der Waals surface area contributed by atoms with E-state index in [9.17, 15) is 9.18 Å². The fourth-order valence-electron chi connectivity index (χ4n) is 1.76. The molecule has 0 unspecified atom stereocenters. The predicted octanol–water partition coefficient (Wildman–Crippen LogP) is 4.65. The molecule has 4 heteroatoms. The summed E-state index contributed by atoms with van der Waals surface area (Å²) in [5, 5.41) is 0.462. The van der Waals surface area contributed by atoms with Gasteiger partial charge in [-0.25, -0.2) is 4.39 Å². The zero-order chi connectivity index (χ0) is 14.5. The van der Waals surface area contributed by atoms with Crippen molar-refractivity contribution in [3.63, 3.8) is 0 Å². The summed E-state index contributed by atoms with van der Waals surface area (Å²) in [7, 11) is 0. The van der Waals surface area contributed by atoms with Crippen molar-refractivity contribution in [2.75, 3.05) is 0 Å². The van der Waals surface area contributed by atoms with Crippen LogP contribution in [-0.2, 0) is 6.61 Å². The highest BCUT2D eigenvalue weighted by Gasteiger charge is 2.05. The Bertz CT molecular complexity index is 608. The van der Waals surface area contributed by atoms with Crippen LogP contribution in [0.5, 0.6) is 5.75 Å². The largest absolute Gasteiger partial charge is 0.489 e. The Hall–Kier alpha value is -1.87. The molecule has 2 nitrogen and oxygen atoms in total. The van der Waals surface area contributed by atoms with Gasteiger partial charge in [-0.3, -0.25) is 4.79 Å². The van der Waals surface area contributed by atoms with Crippen LogP contribution in [0.1, 0.15) is 29.3 Å². The molecule has 104 valence electrons. The average Bonchev–Trinajstić information content (AvgIpc) is 2.48. The van der Waals surface area contributed by atoms with Crippen molar-refractivity contribution >= 4 is 17.4 Å². The maximum atomic E-state index is 13.1. The van der Waals surface area contributed by atoms with Crippen LogP contribution in [-0.4, -0.2) is 5.78 Å². The molecule has 0 fully saturated rings. The first-order chi connectivity index (χ1) is 9.60. The highest BCUT2D eigenvalue weighted by molar-refractivity contribution is 6.31. The number of rotatable bonds is 5. The number of benzene rings is 2. The van der Waals surface area contributed by atoms with Crippen LogP contribution in [0, 0.1) is 5.82 Å². The van der Waals surface area contributed by atoms with Crippen LogP contribution in [0.4, 0.5) is 4.39 Å². The Morgan fingerprint density at radius 3 is 2.55 bits per heavy atom. The second-order valence-electron chi connectivity index (χ2n) is 4.33. The lowest BCUT2D eigenvalue weighted by Crippen LogP contribution is -1.99. The van der Waals surface area contributed by atoms with Crippen molar-refractivity contribution in [1.29, 1.82) is 0 Å². The van der Waals surface area contributed by atoms with Gasteiger partial charge in [0, 0.05) is 22.6 Å². The maximum Gasteiger partial charge on any atom is 0.162 e. The molecule has 2 rings (SSSR count). The lowest BCUT2D eigenvalue weighted by atomic mass is 10.1. The molecule has 0 atom stereocenters. The summed E-state index contributed by atoms with van der Waals surface area (Å²) in [5.74, 6) is 0.347. The first-order valence-electron chi connectivity index (χ1n) is 6.30. The molecule has 0 saturated heterocycles. The lowest BCUT2D eigenvalue weighted by molar-refractivity contribution is 0.0988. The van der Waals surface area contributed by atoms with Crippen molar-refractivity contribution in [3.05, 3.63) is 64.4 Å². The van der Waals surface area contributed by atoms with E-state index in [1.54, 1.807) is 24.3 Å². The summed E-state index contributed by atoms with van der Waals surface area (Å²) in [4.78, 5) is 11.5. The van der Waals surface area contributed by atoms with Crippen molar-refractivity contribution in [1.82, 2.24) is 0 Å². The minimum absolute atomic E-state index is 0.0877. The summed E-state index contributed by atoms with van der Waals surface area (Å²) in [5.41, 5.74) is 1.24. The first-order valence-corrected chi connectivity index (χ1v) is 6.68. The normalized spacial score (nSPS) is 10.3. The van der Waals surface area contributed by atoms with Gasteiger partial charge in [-0.1, -0.05) is 18.5 Å². The van der Waals surface area contributed by atoms with Crippen molar-refractivity contribution in [2.45, 2.75) is 20.0 Å². The smallest absolute Gasteiger partial charge is 0.162 e. The molecule has 0 bridgehead atoms. The standard InChI is InChI=1S/C16H14ClFO2/c1-2-16(19)11-3-6-14(7-4-11)20-10-12-9-13(18)5-8-15(12)17/h3-9H,2,10H2,1H3. The van der Waals surface area contributed by atoms with Gasteiger partial charge in [-0.2, -0.15) is 0 Å². The Morgan fingerprint density at radius 1 is 1.20 bits per heavy atom. The van der Waals surface area contributed by atoms with Gasteiger partial charge in [-0.15, -0.1) is 0 Å². The van der Waals surface area contributed by atoms with E-state index in [0.717, 1.165) is 0 Å². The second-order valence-corrected chi connectivity index (χ2v) is 4.73. The highest BCUT2D eigenvalue weighted by Crippen LogP contribution is 2.20. The van der Waals surface area contributed by atoms with Gasteiger partial charge in [0.1, 0.15) is 18.2 Å². The zero-order valence-electron chi connectivity index (χ0n) is 11.0. The van der Waals surface area contributed by atoms with E-state index >= 15 is 0 Å². The van der Waals surface area contributed by atoms with E-state index in [0.29, 0.717) is 28.3 Å². The molecule has 0 aliphatic heterocycles. The third kappa shape index (κ3) is 3.58. The first kappa shape index (κ1) is 14.5. The number of carbonyl (C=O) groups is 1. The molecule has 0 radical (unpaired) electrons. The maximum absolute atomic E-state index is 13.1. The number of halogens is 2. The number of ether oxygens (including phenoxy) is 1. The Kier molecular flexibility index (Phi) is 4.74. The van der Waals surface area contributed by atoms with Gasteiger partial charge >= 0.3 is 0 Å². The molecule has 2 aromatic carbocycles. The number of hydrogen-bond donors (Lipinski definition) is 0. The second kappa shape index (κ2) is 6.53. The Balaban J connectivity index is 2.04. The lowest BCUT2D eigenvalue weighted by Gasteiger charge is -2.08. The summed E-state index contributed by atoms with van der Waals surface area (Å²) < 4.78 is 18.6. The van der Waals surface area contributed by atoms with Gasteiger partial charge in [0.05, 0.1) is 0 Å². The van der Waals surface area contributed by atoms with Gasteiger partial charge in [0.25, 0.3) is 0 Å². The molecule has 0 N–H and O–H groups in total. The molecule has 2 aromatic rings. The molecule has 0 aliphatic carbocycles. The van der Waals surface area contributed by atoms with Crippen LogP contribution in [0.2, 0.25) is 5.02 Å². The topological polar surface area (TPSA) is 26.3 Å². The molecule has 0 saturated carbocycles. The van der Waals surface area contributed by atoms with Crippen LogP contribution < -0.4 is 4.74 Å². The number of ketones is 1. The molecule has 20 heavy (non-hydrogen) atoms. The highest BCUT2D eigenvalue weighted by atomic mass is 35.5. The van der Waals surface area contributed by atoms with Crippen LogP contribution in [0.25, 0.3) is 0 Å². The SMILES string of the molecule is CCC(=O)c1ccc(OCc2cc(F)ccc2Cl)cc1. The molecule has 0 heterocycles. The number of hydrogen-bond acceptors (Lipinski definition) is 2. The van der Waals surface area contributed by atoms with E-state index < -0.39 is 0 Å². The van der Waals surface area contributed by atoms with Crippen LogP contribution >= 0.6 is 11.6 Å². The van der Waals surface area contributed by atoms with Crippen molar-refractivity contribution in [2.24, 2.45) is 0 Å². The van der Waals surface area contributed by atoms with Gasteiger partial charge in [0.2, 0.25) is 0 Å². The summed E-state index contributed by atoms with van der Waals surface area (Å²) in [6.45, 7) is 2.00. The molecular formula is C16H14ClFO2. The monoisotopic (exact) mass is 292 g/mol. The van der Waals surface area contributed by atoms with Gasteiger partial charge in [0.15, 0.2) is 5.78 Å². The summed E-state index contributed by atoms with van der Waals surface area (Å²) >= 11 is 5.96. The van der Waals surface area contributed by atoms with Gasteiger partial charge in [-0.05, 0) is 42.5 Å². The van der Waals surface area contributed by atoms with Crippen LogP contribution in [0.15, 0.2) is 42.5 Å². The van der Waals surface area contributed by atoms with Gasteiger partial charge < -0.3 is 4.74 Å². The Morgan fingerprint density at radius 2 is 1.90 bits per heavy atom. The number of carbonyl (C=O) groups excluding carboxylic acids is 1. The van der Waals surface area contributed by atoms with E-state index in [2.05, 4.69) is 0 Å². The summed E-state index contributed by atoms with van der Waals surface area (Å²) in [6.07, 6.45) is 0.471. The minimum atomic E-state index is -0.350. The fraction of sp³-hybridized carbons (Fsp3) is 0.188. The molecular weight excluding hydrogens is 279 g/mol. The Labute approximate surface area is 122 Å². The zero-order valence-corrected chi connectivity index (χ0v) is 11.8. The average molecular weight is 293 g/mol. The molecule has 0 aliphatic rings. The van der Waals surface area contributed by atoms with E-state index in [4.69, 9.17) is 16.3 Å². The predicted molar refractivity (Wildman–Crippen MR) is 76.8 cm³/mol. The number of Topliss-reactive ketones (excluding diaryl/α,β-unsaturated/α-hetero) is 1.